The van der Waals surface area contributed by atoms with E-state index in [1.165, 1.54) is 28.7 Å². The zero-order chi connectivity index (χ0) is 21.8. The Balaban J connectivity index is 1.32. The molecule has 0 saturated carbocycles. The molecule has 1 aliphatic heterocycles. The summed E-state index contributed by atoms with van der Waals surface area (Å²) in [5.74, 6) is 1.63. The molecule has 1 aliphatic carbocycles. The summed E-state index contributed by atoms with van der Waals surface area (Å²) in [6.45, 7) is 5.17. The number of nitrogens with zero attached hydrogens (tertiary/aromatic N) is 4. The maximum Gasteiger partial charge on any atom is 0.252 e. The molecule has 3 aromatic rings. The van der Waals surface area contributed by atoms with Gasteiger partial charge >= 0.3 is 0 Å². The number of fused-ring (bicyclic) bond motifs is 3. The van der Waals surface area contributed by atoms with Crippen LogP contribution >= 0.6 is 11.3 Å². The molecule has 32 heavy (non-hydrogen) atoms. The van der Waals surface area contributed by atoms with Gasteiger partial charge in [-0.1, -0.05) is 0 Å². The lowest BCUT2D eigenvalue weighted by molar-refractivity contribution is 0.0331. The molecule has 0 atom stereocenters. The average Bonchev–Trinajstić information content (AvgIpc) is 3.21. The van der Waals surface area contributed by atoms with Crippen LogP contribution in [0.1, 0.15) is 39.5 Å². The monoisotopic (exact) mass is 452 g/mol. The normalized spacial score (nSPS) is 16.6. The Kier molecular flexibility index (Phi) is 6.56. The van der Waals surface area contributed by atoms with E-state index in [1.54, 1.807) is 24.5 Å². The fourth-order valence-electron chi connectivity index (χ4n) is 4.32. The number of pyridine rings is 1. The van der Waals surface area contributed by atoms with Crippen LogP contribution in [0.5, 0.6) is 0 Å². The third kappa shape index (κ3) is 4.74. The van der Waals surface area contributed by atoms with Gasteiger partial charge in [-0.15, -0.1) is 11.3 Å². The van der Waals surface area contributed by atoms with Crippen molar-refractivity contribution in [3.8, 4) is 0 Å². The molecule has 0 aromatic carbocycles. The lowest BCUT2D eigenvalue weighted by Gasteiger charge is -2.25. The van der Waals surface area contributed by atoms with E-state index in [2.05, 4.69) is 20.5 Å². The van der Waals surface area contributed by atoms with Crippen LogP contribution in [-0.2, 0) is 24.1 Å². The van der Waals surface area contributed by atoms with Crippen LogP contribution in [0, 0.1) is 0 Å². The molecule has 9 heteroatoms. The van der Waals surface area contributed by atoms with Crippen LogP contribution in [0.4, 0.5) is 5.82 Å². The summed E-state index contributed by atoms with van der Waals surface area (Å²) in [5.41, 5.74) is 1.98. The van der Waals surface area contributed by atoms with E-state index in [0.29, 0.717) is 18.7 Å². The van der Waals surface area contributed by atoms with E-state index in [-0.39, 0.29) is 5.91 Å². The maximum absolute atomic E-state index is 12.3. The first-order chi connectivity index (χ1) is 15.8. The molecule has 0 unspecified atom stereocenters. The Bertz CT molecular complexity index is 1080. The topological polar surface area (TPSA) is 92.3 Å². The number of aryl methyl sites for hydroxylation is 2. The highest BCUT2D eigenvalue weighted by Gasteiger charge is 2.22. The van der Waals surface area contributed by atoms with E-state index in [4.69, 9.17) is 14.7 Å². The Morgan fingerprint density at radius 1 is 1.16 bits per heavy atom. The highest BCUT2D eigenvalue weighted by atomic mass is 32.1. The number of carbonyl (C=O) groups excluding carboxylic acids is 1. The zero-order valence-electron chi connectivity index (χ0n) is 18.1. The number of hydrogen-bond donors (Lipinski definition) is 2. The molecule has 2 N–H and O–H groups in total. The Morgan fingerprint density at radius 2 is 2.03 bits per heavy atom. The quantitative estimate of drug-likeness (QED) is 0.533. The third-order valence-corrected chi connectivity index (χ3v) is 7.14. The van der Waals surface area contributed by atoms with Crippen molar-refractivity contribution in [2.45, 2.75) is 32.2 Å². The Hall–Kier alpha value is -2.62. The van der Waals surface area contributed by atoms with Gasteiger partial charge < -0.3 is 15.4 Å². The first-order valence-corrected chi connectivity index (χ1v) is 12.1. The van der Waals surface area contributed by atoms with Crippen LogP contribution in [0.25, 0.3) is 10.2 Å². The number of morpholine rings is 1. The first kappa shape index (κ1) is 21.2. The molecule has 0 spiro atoms. The molecule has 4 heterocycles. The molecular formula is C23H28N6O2S. The lowest BCUT2D eigenvalue weighted by Crippen LogP contribution is -2.36. The van der Waals surface area contributed by atoms with Crippen molar-refractivity contribution in [3.63, 3.8) is 0 Å². The molecule has 0 radical (unpaired) electrons. The van der Waals surface area contributed by atoms with Crippen molar-refractivity contribution >= 4 is 33.3 Å². The molecule has 168 valence electrons. The van der Waals surface area contributed by atoms with E-state index < -0.39 is 0 Å². The van der Waals surface area contributed by atoms with Gasteiger partial charge in [0.15, 0.2) is 0 Å². The number of carbonyl (C=O) groups is 1. The average molecular weight is 453 g/mol. The summed E-state index contributed by atoms with van der Waals surface area (Å²) in [7, 11) is 0. The number of anilines is 1. The van der Waals surface area contributed by atoms with Gasteiger partial charge in [-0.25, -0.2) is 9.97 Å². The van der Waals surface area contributed by atoms with Crippen molar-refractivity contribution in [2.75, 3.05) is 44.7 Å². The fraction of sp³-hybridized carbons (Fsp3) is 0.478. The smallest absolute Gasteiger partial charge is 0.252 e. The van der Waals surface area contributed by atoms with Crippen molar-refractivity contribution in [3.05, 3.63) is 46.4 Å². The first-order valence-electron chi connectivity index (χ1n) is 11.3. The van der Waals surface area contributed by atoms with Crippen LogP contribution in [0.2, 0.25) is 0 Å². The van der Waals surface area contributed by atoms with Crippen molar-refractivity contribution in [1.29, 1.82) is 0 Å². The zero-order valence-corrected chi connectivity index (χ0v) is 18.9. The second kappa shape index (κ2) is 9.89. The lowest BCUT2D eigenvalue weighted by atomic mass is 9.97. The van der Waals surface area contributed by atoms with Gasteiger partial charge in [0.1, 0.15) is 16.5 Å². The van der Waals surface area contributed by atoms with Crippen molar-refractivity contribution in [2.24, 2.45) is 0 Å². The maximum atomic E-state index is 12.3. The number of nitrogens with one attached hydrogen (secondary N) is 2. The number of ether oxygens (including phenoxy) is 1. The predicted molar refractivity (Wildman–Crippen MR) is 125 cm³/mol. The molecule has 3 aromatic heterocycles. The molecule has 1 fully saturated rings. The largest absolute Gasteiger partial charge is 0.379 e. The standard InChI is InChI=1S/C23H28N6O2S/c30-22(16-4-3-7-24-14-16)26-9-8-25-21-20-17-5-1-2-6-18(17)32-23(20)28-19(27-21)15-29-10-12-31-13-11-29/h3-4,7,14H,1-2,5-6,8-13,15H2,(H,26,30)(H,25,27,28). The van der Waals surface area contributed by atoms with Crippen molar-refractivity contribution < 1.29 is 9.53 Å². The van der Waals surface area contributed by atoms with Gasteiger partial charge in [-0.3, -0.25) is 14.7 Å². The molecule has 2 aliphatic rings. The van der Waals surface area contributed by atoms with E-state index >= 15 is 0 Å². The predicted octanol–water partition coefficient (Wildman–Crippen LogP) is 2.64. The highest BCUT2D eigenvalue weighted by molar-refractivity contribution is 7.19. The number of rotatable bonds is 7. The van der Waals surface area contributed by atoms with Crippen LogP contribution < -0.4 is 10.6 Å². The van der Waals surface area contributed by atoms with Gasteiger partial charge in [0, 0.05) is 43.4 Å². The summed E-state index contributed by atoms with van der Waals surface area (Å²) in [5, 5.41) is 7.61. The summed E-state index contributed by atoms with van der Waals surface area (Å²) in [6, 6.07) is 3.53. The third-order valence-electron chi connectivity index (χ3n) is 5.96. The Morgan fingerprint density at radius 3 is 2.88 bits per heavy atom. The minimum absolute atomic E-state index is 0.117. The second-order valence-electron chi connectivity index (χ2n) is 8.19. The van der Waals surface area contributed by atoms with Crippen molar-refractivity contribution in [1.82, 2.24) is 25.2 Å². The van der Waals surface area contributed by atoms with Crippen LogP contribution in [0.3, 0.4) is 0 Å². The summed E-state index contributed by atoms with van der Waals surface area (Å²) < 4.78 is 5.47. The minimum Gasteiger partial charge on any atom is -0.379 e. The second-order valence-corrected chi connectivity index (χ2v) is 9.28. The summed E-state index contributed by atoms with van der Waals surface area (Å²) in [4.78, 5) is 31.0. The van der Waals surface area contributed by atoms with Gasteiger partial charge in [0.05, 0.1) is 30.7 Å². The molecule has 5 rings (SSSR count). The molecular weight excluding hydrogens is 424 g/mol. The number of amides is 1. The Labute approximate surface area is 191 Å². The molecule has 1 saturated heterocycles. The van der Waals surface area contributed by atoms with Gasteiger partial charge in [0.2, 0.25) is 0 Å². The number of hydrogen-bond acceptors (Lipinski definition) is 8. The number of thiophene rings is 1. The molecule has 1 amide bonds. The SMILES string of the molecule is O=C(NCCNc1nc(CN2CCOCC2)nc2sc3c(c12)CCCC3)c1cccnc1. The van der Waals surface area contributed by atoms with E-state index in [9.17, 15) is 4.79 Å². The van der Waals surface area contributed by atoms with Crippen LogP contribution in [-0.4, -0.2) is 65.2 Å². The summed E-state index contributed by atoms with van der Waals surface area (Å²) >= 11 is 1.82. The van der Waals surface area contributed by atoms with E-state index in [0.717, 1.165) is 62.2 Å². The van der Waals surface area contributed by atoms with Gasteiger partial charge in [-0.2, -0.15) is 0 Å². The fourth-order valence-corrected chi connectivity index (χ4v) is 5.60. The van der Waals surface area contributed by atoms with Crippen LogP contribution in [0.15, 0.2) is 24.5 Å². The number of aromatic nitrogens is 3. The molecule has 8 nitrogen and oxygen atoms in total. The molecule has 0 bridgehead atoms. The van der Waals surface area contributed by atoms with E-state index in [1.807, 2.05) is 11.3 Å². The van der Waals surface area contributed by atoms with Gasteiger partial charge in [-0.05, 0) is 43.4 Å². The highest BCUT2D eigenvalue weighted by Crippen LogP contribution is 2.38. The van der Waals surface area contributed by atoms with Gasteiger partial charge in [0.25, 0.3) is 5.91 Å². The minimum atomic E-state index is -0.117. The summed E-state index contributed by atoms with van der Waals surface area (Å²) in [6.07, 6.45) is 7.93.